The van der Waals surface area contributed by atoms with Gasteiger partial charge in [-0.2, -0.15) is 0 Å². The van der Waals surface area contributed by atoms with Crippen molar-refractivity contribution in [1.29, 1.82) is 0 Å². The third-order valence-electron chi connectivity index (χ3n) is 4.67. The Kier molecular flexibility index (Phi) is 5.89. The molecule has 0 saturated carbocycles. The van der Waals surface area contributed by atoms with Crippen LogP contribution in [0, 0.1) is 5.92 Å². The summed E-state index contributed by atoms with van der Waals surface area (Å²) >= 11 is 0. The molecule has 1 amide bonds. The highest BCUT2D eigenvalue weighted by molar-refractivity contribution is 6.02. The summed E-state index contributed by atoms with van der Waals surface area (Å²) in [5.74, 6) is 1.53. The molecule has 0 bridgehead atoms. The maximum atomic E-state index is 12.2. The van der Waals surface area contributed by atoms with Crippen LogP contribution in [0.15, 0.2) is 40.8 Å². The molecule has 0 radical (unpaired) electrons. The number of amides is 1. The fourth-order valence-corrected chi connectivity index (χ4v) is 3.08. The van der Waals surface area contributed by atoms with Crippen LogP contribution < -0.4 is 5.32 Å². The summed E-state index contributed by atoms with van der Waals surface area (Å²) < 4.78 is 10.4. The van der Waals surface area contributed by atoms with Crippen molar-refractivity contribution in [2.24, 2.45) is 5.92 Å². The van der Waals surface area contributed by atoms with Crippen LogP contribution in [0.3, 0.4) is 0 Å². The molecular weight excluding hydrogens is 316 g/mol. The zero-order valence-corrected chi connectivity index (χ0v) is 15.0. The fourth-order valence-electron chi connectivity index (χ4n) is 3.08. The van der Waals surface area contributed by atoms with Gasteiger partial charge in [0.1, 0.15) is 12.4 Å². The summed E-state index contributed by atoms with van der Waals surface area (Å²) in [4.78, 5) is 14.7. The summed E-state index contributed by atoms with van der Waals surface area (Å²) in [6.45, 7) is 5.99. The Bertz CT molecular complexity index is 685. The predicted octanol–water partition coefficient (Wildman–Crippen LogP) is 3.91. The van der Waals surface area contributed by atoms with Gasteiger partial charge in [0.15, 0.2) is 5.76 Å². The van der Waals surface area contributed by atoms with E-state index in [-0.39, 0.29) is 5.91 Å². The Labute approximate surface area is 149 Å². The van der Waals surface area contributed by atoms with Gasteiger partial charge in [0.2, 0.25) is 0 Å². The smallest absolute Gasteiger partial charge is 0.291 e. The van der Waals surface area contributed by atoms with E-state index in [1.54, 1.807) is 19.2 Å². The summed E-state index contributed by atoms with van der Waals surface area (Å²) in [6.07, 6.45) is 2.56. The molecular formula is C20H26N2O3. The Morgan fingerprint density at radius 3 is 2.60 bits per heavy atom. The second kappa shape index (κ2) is 8.32. The number of hydrogen-bond acceptors (Lipinski definition) is 4. The second-order valence-corrected chi connectivity index (χ2v) is 6.81. The minimum Gasteiger partial charge on any atom is -0.453 e. The van der Waals surface area contributed by atoms with Crippen molar-refractivity contribution in [3.63, 3.8) is 0 Å². The zero-order valence-electron chi connectivity index (χ0n) is 15.0. The van der Waals surface area contributed by atoms with Crippen molar-refractivity contribution in [3.8, 4) is 0 Å². The number of methoxy groups -OCH3 is 1. The molecule has 1 saturated heterocycles. The van der Waals surface area contributed by atoms with Crippen molar-refractivity contribution in [1.82, 2.24) is 4.90 Å². The van der Waals surface area contributed by atoms with E-state index in [1.165, 1.54) is 31.5 Å². The topological polar surface area (TPSA) is 54.7 Å². The molecule has 25 heavy (non-hydrogen) atoms. The molecule has 1 fully saturated rings. The van der Waals surface area contributed by atoms with Gasteiger partial charge in [0.25, 0.3) is 5.91 Å². The molecule has 3 rings (SSSR count). The van der Waals surface area contributed by atoms with E-state index in [0.29, 0.717) is 18.1 Å². The predicted molar refractivity (Wildman–Crippen MR) is 97.5 cm³/mol. The molecule has 1 aromatic heterocycles. The van der Waals surface area contributed by atoms with Gasteiger partial charge in [-0.3, -0.25) is 9.69 Å². The lowest BCUT2D eigenvalue weighted by Gasteiger charge is -2.30. The van der Waals surface area contributed by atoms with Gasteiger partial charge in [-0.25, -0.2) is 0 Å². The maximum Gasteiger partial charge on any atom is 0.291 e. The Balaban J connectivity index is 1.53. The number of ether oxygens (including phenoxy) is 1. The Morgan fingerprint density at radius 1 is 1.20 bits per heavy atom. The first kappa shape index (κ1) is 17.7. The lowest BCUT2D eigenvalue weighted by atomic mass is 9.99. The quantitative estimate of drug-likeness (QED) is 0.865. The van der Waals surface area contributed by atoms with Crippen molar-refractivity contribution in [2.45, 2.75) is 32.9 Å². The fraction of sp³-hybridized carbons (Fsp3) is 0.450. The first-order valence-corrected chi connectivity index (χ1v) is 8.84. The lowest BCUT2D eigenvalue weighted by molar-refractivity contribution is 0.0987. The Hall–Kier alpha value is -2.11. The molecule has 134 valence electrons. The highest BCUT2D eigenvalue weighted by Crippen LogP contribution is 2.19. The first-order valence-electron chi connectivity index (χ1n) is 8.84. The molecule has 2 heterocycles. The van der Waals surface area contributed by atoms with E-state index in [4.69, 9.17) is 9.15 Å². The number of carbonyl (C=O) groups is 1. The van der Waals surface area contributed by atoms with E-state index >= 15 is 0 Å². The molecule has 1 aliphatic heterocycles. The number of anilines is 1. The summed E-state index contributed by atoms with van der Waals surface area (Å²) in [7, 11) is 1.59. The second-order valence-electron chi connectivity index (χ2n) is 6.81. The van der Waals surface area contributed by atoms with Gasteiger partial charge in [0.05, 0.1) is 0 Å². The van der Waals surface area contributed by atoms with Crippen molar-refractivity contribution in [3.05, 3.63) is 53.5 Å². The third kappa shape index (κ3) is 4.94. The Morgan fingerprint density at radius 2 is 1.92 bits per heavy atom. The molecule has 0 atom stereocenters. The molecule has 5 heteroatoms. The van der Waals surface area contributed by atoms with Gasteiger partial charge in [-0.15, -0.1) is 0 Å². The van der Waals surface area contributed by atoms with Gasteiger partial charge in [0, 0.05) is 19.3 Å². The normalized spacial score (nSPS) is 16.1. The molecule has 1 N–H and O–H groups in total. The molecule has 5 nitrogen and oxygen atoms in total. The number of benzene rings is 1. The maximum absolute atomic E-state index is 12.2. The van der Waals surface area contributed by atoms with Gasteiger partial charge >= 0.3 is 0 Å². The van der Waals surface area contributed by atoms with Gasteiger partial charge < -0.3 is 14.5 Å². The van der Waals surface area contributed by atoms with E-state index in [1.807, 2.05) is 12.1 Å². The molecule has 0 aliphatic carbocycles. The third-order valence-corrected chi connectivity index (χ3v) is 4.67. The number of carbonyl (C=O) groups excluding carboxylic acids is 1. The van der Waals surface area contributed by atoms with Crippen LogP contribution in [0.1, 0.15) is 41.6 Å². The number of nitrogens with one attached hydrogen (secondary N) is 1. The summed E-state index contributed by atoms with van der Waals surface area (Å²) in [5.41, 5.74) is 2.04. The lowest BCUT2D eigenvalue weighted by Crippen LogP contribution is -2.32. The number of nitrogens with zero attached hydrogens (tertiary/aromatic N) is 1. The van der Waals surface area contributed by atoms with Gasteiger partial charge in [-0.1, -0.05) is 19.1 Å². The summed E-state index contributed by atoms with van der Waals surface area (Å²) in [6, 6.07) is 11.5. The van der Waals surface area contributed by atoms with E-state index in [0.717, 1.165) is 18.2 Å². The number of piperidine rings is 1. The standard InChI is InChI=1S/C20H26N2O3/c1-15-9-11-22(12-10-15)13-16-3-5-17(6-4-16)21-20(23)19-8-7-18(25-19)14-24-2/h3-8,15H,9-14H2,1-2H3,(H,21,23). The number of likely N-dealkylation sites (tertiary alicyclic amines) is 1. The highest BCUT2D eigenvalue weighted by Gasteiger charge is 2.16. The number of hydrogen-bond donors (Lipinski definition) is 1. The first-order chi connectivity index (χ1) is 12.1. The molecule has 1 aromatic carbocycles. The SMILES string of the molecule is COCc1ccc(C(=O)Nc2ccc(CN3CCC(C)CC3)cc2)o1. The van der Waals surface area contributed by atoms with Crippen LogP contribution in [0.2, 0.25) is 0 Å². The molecule has 2 aromatic rings. The van der Waals surface area contributed by atoms with E-state index in [9.17, 15) is 4.79 Å². The average molecular weight is 342 g/mol. The minimum atomic E-state index is -0.250. The summed E-state index contributed by atoms with van der Waals surface area (Å²) in [5, 5.41) is 2.86. The van der Waals surface area contributed by atoms with Gasteiger partial charge in [-0.05, 0) is 61.7 Å². The number of furan rings is 1. The minimum absolute atomic E-state index is 0.250. The largest absolute Gasteiger partial charge is 0.453 e. The van der Waals surface area contributed by atoms with E-state index in [2.05, 4.69) is 29.3 Å². The zero-order chi connectivity index (χ0) is 17.6. The van der Waals surface area contributed by atoms with E-state index < -0.39 is 0 Å². The van der Waals surface area contributed by atoms with Crippen LogP contribution in [0.25, 0.3) is 0 Å². The van der Waals surface area contributed by atoms with Crippen LogP contribution in [-0.2, 0) is 17.9 Å². The molecule has 0 spiro atoms. The number of rotatable bonds is 6. The highest BCUT2D eigenvalue weighted by atomic mass is 16.5. The molecule has 1 aliphatic rings. The van der Waals surface area contributed by atoms with Crippen molar-refractivity contribution in [2.75, 3.05) is 25.5 Å². The van der Waals surface area contributed by atoms with Crippen LogP contribution in [-0.4, -0.2) is 31.0 Å². The van der Waals surface area contributed by atoms with Crippen molar-refractivity contribution < 1.29 is 13.9 Å². The van der Waals surface area contributed by atoms with Crippen LogP contribution in [0.5, 0.6) is 0 Å². The monoisotopic (exact) mass is 342 g/mol. The van der Waals surface area contributed by atoms with Crippen molar-refractivity contribution >= 4 is 11.6 Å². The van der Waals surface area contributed by atoms with Crippen LogP contribution >= 0.6 is 0 Å². The molecule has 0 unspecified atom stereocenters. The van der Waals surface area contributed by atoms with Crippen LogP contribution in [0.4, 0.5) is 5.69 Å². The average Bonchev–Trinajstić information content (AvgIpc) is 3.08.